The highest BCUT2D eigenvalue weighted by atomic mass is 35.5. The van der Waals surface area contributed by atoms with Crippen molar-refractivity contribution in [3.63, 3.8) is 0 Å². The van der Waals surface area contributed by atoms with E-state index in [9.17, 15) is 9.59 Å². The molecule has 3 aromatic rings. The normalized spacial score (nSPS) is 10.7. The van der Waals surface area contributed by atoms with E-state index >= 15 is 0 Å². The molecule has 2 amide bonds. The lowest BCUT2D eigenvalue weighted by atomic mass is 10.2. The predicted molar refractivity (Wildman–Crippen MR) is 103 cm³/mol. The lowest BCUT2D eigenvalue weighted by molar-refractivity contribution is -0.115. The number of aryl methyl sites for hydroxylation is 1. The SMILES string of the molecule is CCn1c(NC(=O)CNC(=O)c2ccc(Cl)cc2Cl)nc2ccccc21. The lowest BCUT2D eigenvalue weighted by Gasteiger charge is -2.09. The number of aromatic nitrogens is 2. The minimum atomic E-state index is -0.453. The fraction of sp³-hybridized carbons (Fsp3) is 0.167. The van der Waals surface area contributed by atoms with Crippen molar-refractivity contribution in [2.24, 2.45) is 0 Å². The third-order valence-electron chi connectivity index (χ3n) is 3.81. The van der Waals surface area contributed by atoms with Gasteiger partial charge in [-0.15, -0.1) is 0 Å². The zero-order chi connectivity index (χ0) is 18.7. The Hall–Kier alpha value is -2.57. The van der Waals surface area contributed by atoms with E-state index in [1.165, 1.54) is 12.1 Å². The molecule has 1 heterocycles. The Morgan fingerprint density at radius 3 is 2.65 bits per heavy atom. The van der Waals surface area contributed by atoms with Crippen LogP contribution in [-0.2, 0) is 11.3 Å². The molecule has 6 nitrogen and oxygen atoms in total. The number of fused-ring (bicyclic) bond motifs is 1. The molecular weight excluding hydrogens is 375 g/mol. The van der Waals surface area contributed by atoms with Gasteiger partial charge >= 0.3 is 0 Å². The summed E-state index contributed by atoms with van der Waals surface area (Å²) in [4.78, 5) is 28.8. The van der Waals surface area contributed by atoms with Crippen LogP contribution in [0.3, 0.4) is 0 Å². The second kappa shape index (κ2) is 7.76. The summed E-state index contributed by atoms with van der Waals surface area (Å²) in [5, 5.41) is 5.92. The molecule has 0 unspecified atom stereocenters. The summed E-state index contributed by atoms with van der Waals surface area (Å²) >= 11 is 11.8. The quantitative estimate of drug-likeness (QED) is 0.696. The van der Waals surface area contributed by atoms with Crippen molar-refractivity contribution in [3.05, 3.63) is 58.1 Å². The number of benzene rings is 2. The van der Waals surface area contributed by atoms with E-state index in [2.05, 4.69) is 15.6 Å². The van der Waals surface area contributed by atoms with Crippen LogP contribution in [0.4, 0.5) is 5.95 Å². The van der Waals surface area contributed by atoms with Crippen molar-refractivity contribution in [3.8, 4) is 0 Å². The summed E-state index contributed by atoms with van der Waals surface area (Å²) in [6, 6.07) is 12.2. The first-order valence-corrected chi connectivity index (χ1v) is 8.73. The van der Waals surface area contributed by atoms with Gasteiger partial charge in [-0.1, -0.05) is 35.3 Å². The summed E-state index contributed by atoms with van der Waals surface area (Å²) in [7, 11) is 0. The molecule has 0 saturated carbocycles. The standard InChI is InChI=1S/C18H16Cl2N4O2/c1-2-24-15-6-4-3-5-14(15)22-18(24)23-16(25)10-21-17(26)12-8-7-11(19)9-13(12)20/h3-9H,2,10H2,1H3,(H,21,26)(H,22,23,25). The first-order valence-electron chi connectivity index (χ1n) is 7.98. The molecule has 0 aliphatic carbocycles. The van der Waals surface area contributed by atoms with Crippen molar-refractivity contribution in [1.82, 2.24) is 14.9 Å². The van der Waals surface area contributed by atoms with Crippen molar-refractivity contribution in [1.29, 1.82) is 0 Å². The lowest BCUT2D eigenvalue weighted by Crippen LogP contribution is -2.33. The summed E-state index contributed by atoms with van der Waals surface area (Å²) in [5.74, 6) is -0.392. The summed E-state index contributed by atoms with van der Waals surface area (Å²) in [6.45, 7) is 2.42. The largest absolute Gasteiger partial charge is 0.343 e. The van der Waals surface area contributed by atoms with Crippen LogP contribution in [-0.4, -0.2) is 27.9 Å². The molecule has 1 aromatic heterocycles. The Balaban J connectivity index is 1.67. The van der Waals surface area contributed by atoms with Crippen molar-refractivity contribution < 1.29 is 9.59 Å². The summed E-state index contributed by atoms with van der Waals surface area (Å²) in [6.07, 6.45) is 0. The zero-order valence-corrected chi connectivity index (χ0v) is 15.4. The monoisotopic (exact) mass is 390 g/mol. The maximum Gasteiger partial charge on any atom is 0.253 e. The van der Waals surface area contributed by atoms with Gasteiger partial charge < -0.3 is 9.88 Å². The van der Waals surface area contributed by atoms with Gasteiger partial charge in [0.05, 0.1) is 28.2 Å². The predicted octanol–water partition coefficient (Wildman–Crippen LogP) is 3.73. The Morgan fingerprint density at radius 2 is 1.92 bits per heavy atom. The van der Waals surface area contributed by atoms with E-state index in [4.69, 9.17) is 23.2 Å². The number of hydrogen-bond donors (Lipinski definition) is 2. The van der Waals surface area contributed by atoms with Crippen LogP contribution < -0.4 is 10.6 Å². The van der Waals surface area contributed by atoms with Crippen LogP contribution in [0.2, 0.25) is 10.0 Å². The number of carbonyl (C=O) groups is 2. The third-order valence-corrected chi connectivity index (χ3v) is 4.36. The van der Waals surface area contributed by atoms with Crippen LogP contribution in [0.5, 0.6) is 0 Å². The smallest absolute Gasteiger partial charge is 0.253 e. The molecule has 0 atom stereocenters. The van der Waals surface area contributed by atoms with E-state index in [1.807, 2.05) is 35.8 Å². The molecule has 2 N–H and O–H groups in total. The maximum absolute atomic E-state index is 12.2. The number of carbonyl (C=O) groups excluding carboxylic acids is 2. The zero-order valence-electron chi connectivity index (χ0n) is 13.9. The molecule has 8 heteroatoms. The van der Waals surface area contributed by atoms with E-state index in [0.717, 1.165) is 11.0 Å². The third kappa shape index (κ3) is 3.81. The van der Waals surface area contributed by atoms with Crippen LogP contribution in [0.25, 0.3) is 11.0 Å². The molecule has 26 heavy (non-hydrogen) atoms. The fourth-order valence-corrected chi connectivity index (χ4v) is 3.08. The molecule has 2 aromatic carbocycles. The molecule has 134 valence electrons. The number of anilines is 1. The van der Waals surface area contributed by atoms with Crippen LogP contribution in [0.15, 0.2) is 42.5 Å². The molecular formula is C18H16Cl2N4O2. The van der Waals surface area contributed by atoms with Gasteiger partial charge in [-0.3, -0.25) is 14.9 Å². The van der Waals surface area contributed by atoms with Gasteiger partial charge in [-0.05, 0) is 37.3 Å². The first kappa shape index (κ1) is 18.2. The molecule has 0 bridgehead atoms. The molecule has 3 rings (SSSR count). The number of halogens is 2. The van der Waals surface area contributed by atoms with Crippen LogP contribution in [0.1, 0.15) is 17.3 Å². The van der Waals surface area contributed by atoms with Crippen molar-refractivity contribution in [2.75, 3.05) is 11.9 Å². The number of para-hydroxylation sites is 2. The van der Waals surface area contributed by atoms with Crippen molar-refractivity contribution >= 4 is 52.0 Å². The van der Waals surface area contributed by atoms with Gasteiger partial charge in [0.15, 0.2) is 0 Å². The van der Waals surface area contributed by atoms with E-state index in [0.29, 0.717) is 17.5 Å². The highest BCUT2D eigenvalue weighted by Gasteiger charge is 2.15. The summed E-state index contributed by atoms with van der Waals surface area (Å²) in [5.41, 5.74) is 1.98. The number of amides is 2. The number of nitrogens with zero attached hydrogens (tertiary/aromatic N) is 2. The van der Waals surface area contributed by atoms with Gasteiger partial charge in [0.2, 0.25) is 11.9 Å². The van der Waals surface area contributed by atoms with Crippen LogP contribution in [0, 0.1) is 0 Å². The van der Waals surface area contributed by atoms with Gasteiger partial charge in [-0.2, -0.15) is 0 Å². The molecule has 0 fully saturated rings. The van der Waals surface area contributed by atoms with Gasteiger partial charge in [-0.25, -0.2) is 4.98 Å². The number of hydrogen-bond acceptors (Lipinski definition) is 3. The number of imidazole rings is 1. The topological polar surface area (TPSA) is 76.0 Å². The molecule has 0 radical (unpaired) electrons. The Kier molecular flexibility index (Phi) is 5.44. The van der Waals surface area contributed by atoms with Crippen LogP contribution >= 0.6 is 23.2 Å². The van der Waals surface area contributed by atoms with Gasteiger partial charge in [0.25, 0.3) is 5.91 Å². The maximum atomic E-state index is 12.2. The fourth-order valence-electron chi connectivity index (χ4n) is 2.59. The van der Waals surface area contributed by atoms with E-state index < -0.39 is 5.91 Å². The molecule has 0 spiro atoms. The Bertz CT molecular complexity index is 984. The molecule has 0 saturated heterocycles. The van der Waals surface area contributed by atoms with E-state index in [1.54, 1.807) is 6.07 Å². The highest BCUT2D eigenvalue weighted by molar-refractivity contribution is 6.36. The second-order valence-corrected chi connectivity index (χ2v) is 6.37. The minimum absolute atomic E-state index is 0.204. The number of nitrogens with one attached hydrogen (secondary N) is 2. The van der Waals surface area contributed by atoms with Crippen molar-refractivity contribution in [2.45, 2.75) is 13.5 Å². The average Bonchev–Trinajstić information content (AvgIpc) is 2.96. The first-order chi connectivity index (χ1) is 12.5. The Morgan fingerprint density at radius 1 is 1.15 bits per heavy atom. The van der Waals surface area contributed by atoms with Gasteiger partial charge in [0.1, 0.15) is 0 Å². The summed E-state index contributed by atoms with van der Waals surface area (Å²) < 4.78 is 1.89. The highest BCUT2D eigenvalue weighted by Crippen LogP contribution is 2.21. The average molecular weight is 391 g/mol. The second-order valence-electron chi connectivity index (χ2n) is 5.52. The van der Waals surface area contributed by atoms with E-state index in [-0.39, 0.29) is 23.0 Å². The Labute approximate surface area is 160 Å². The minimum Gasteiger partial charge on any atom is -0.343 e. The van der Waals surface area contributed by atoms with Gasteiger partial charge in [0, 0.05) is 11.6 Å². The molecule has 0 aliphatic rings. The molecule has 0 aliphatic heterocycles. The number of rotatable bonds is 5.